The first-order valence-electron chi connectivity index (χ1n) is 6.28. The van der Waals surface area contributed by atoms with Crippen LogP contribution in [0, 0.1) is 11.3 Å². The highest BCUT2D eigenvalue weighted by Gasteiger charge is 2.20. The molecule has 17 heavy (non-hydrogen) atoms. The molecule has 0 heterocycles. The smallest absolute Gasteiger partial charge is 0.0954 e. The van der Waals surface area contributed by atoms with E-state index in [1.807, 2.05) is 13.0 Å². The standard InChI is InChI=1S/C15H22N2/c1-4-14(12-16)17-15(2,3)11-10-13-8-6-5-7-9-13/h5-9,14,17H,4,10-11H2,1-3H3. The lowest BCUT2D eigenvalue weighted by Gasteiger charge is -2.28. The third-order valence-corrected chi connectivity index (χ3v) is 3.01. The van der Waals surface area contributed by atoms with Crippen LogP contribution >= 0.6 is 0 Å². The molecular weight excluding hydrogens is 208 g/mol. The summed E-state index contributed by atoms with van der Waals surface area (Å²) < 4.78 is 0. The van der Waals surface area contributed by atoms with Crippen molar-refractivity contribution in [3.63, 3.8) is 0 Å². The van der Waals surface area contributed by atoms with Crippen LogP contribution in [0.2, 0.25) is 0 Å². The average Bonchev–Trinajstić information content (AvgIpc) is 2.35. The second kappa shape index (κ2) is 6.42. The van der Waals surface area contributed by atoms with Gasteiger partial charge in [0.25, 0.3) is 0 Å². The minimum absolute atomic E-state index is 0.00620. The maximum absolute atomic E-state index is 8.96. The van der Waals surface area contributed by atoms with Gasteiger partial charge >= 0.3 is 0 Å². The number of nitriles is 1. The van der Waals surface area contributed by atoms with Crippen LogP contribution in [0.3, 0.4) is 0 Å². The van der Waals surface area contributed by atoms with Gasteiger partial charge in [0.05, 0.1) is 12.1 Å². The van der Waals surface area contributed by atoms with Crippen LogP contribution in [0.15, 0.2) is 30.3 Å². The Morgan fingerprint density at radius 1 is 1.29 bits per heavy atom. The van der Waals surface area contributed by atoms with Crippen molar-refractivity contribution >= 4 is 0 Å². The van der Waals surface area contributed by atoms with E-state index < -0.39 is 0 Å². The maximum Gasteiger partial charge on any atom is 0.0954 e. The number of rotatable bonds is 6. The molecule has 0 saturated heterocycles. The van der Waals surface area contributed by atoms with E-state index in [1.165, 1.54) is 5.56 Å². The Hall–Kier alpha value is -1.33. The third kappa shape index (κ3) is 5.01. The number of aryl methyl sites for hydroxylation is 1. The number of nitrogens with one attached hydrogen (secondary N) is 1. The number of nitrogens with zero attached hydrogens (tertiary/aromatic N) is 1. The van der Waals surface area contributed by atoms with Crippen LogP contribution in [-0.4, -0.2) is 11.6 Å². The van der Waals surface area contributed by atoms with Crippen LogP contribution in [0.5, 0.6) is 0 Å². The Balaban J connectivity index is 2.47. The monoisotopic (exact) mass is 230 g/mol. The van der Waals surface area contributed by atoms with Crippen LogP contribution in [0.1, 0.15) is 39.2 Å². The van der Waals surface area contributed by atoms with Crippen molar-refractivity contribution in [3.05, 3.63) is 35.9 Å². The van der Waals surface area contributed by atoms with Crippen LogP contribution < -0.4 is 5.32 Å². The van der Waals surface area contributed by atoms with Gasteiger partial charge in [-0.15, -0.1) is 0 Å². The van der Waals surface area contributed by atoms with Crippen molar-refractivity contribution in [1.29, 1.82) is 5.26 Å². The zero-order valence-electron chi connectivity index (χ0n) is 11.0. The largest absolute Gasteiger partial charge is 0.297 e. The Labute approximate surface area is 105 Å². The van der Waals surface area contributed by atoms with Crippen molar-refractivity contribution < 1.29 is 0 Å². The molecule has 0 aliphatic heterocycles. The zero-order valence-corrected chi connectivity index (χ0v) is 11.0. The topological polar surface area (TPSA) is 35.8 Å². The van der Waals surface area contributed by atoms with Gasteiger partial charge in [-0.2, -0.15) is 5.26 Å². The van der Waals surface area contributed by atoms with E-state index in [4.69, 9.17) is 5.26 Å². The van der Waals surface area contributed by atoms with E-state index in [1.54, 1.807) is 0 Å². The molecule has 1 aromatic rings. The van der Waals surface area contributed by atoms with E-state index in [2.05, 4.69) is 49.5 Å². The first kappa shape index (κ1) is 13.7. The molecule has 0 saturated carbocycles. The molecule has 0 bridgehead atoms. The van der Waals surface area contributed by atoms with E-state index in [9.17, 15) is 0 Å². The minimum Gasteiger partial charge on any atom is -0.297 e. The Kier molecular flexibility index (Phi) is 5.18. The van der Waals surface area contributed by atoms with Gasteiger partial charge in [-0.3, -0.25) is 5.32 Å². The maximum atomic E-state index is 8.96. The number of benzene rings is 1. The molecule has 2 heteroatoms. The summed E-state index contributed by atoms with van der Waals surface area (Å²) in [4.78, 5) is 0. The van der Waals surface area contributed by atoms with Crippen molar-refractivity contribution in [2.24, 2.45) is 0 Å². The van der Waals surface area contributed by atoms with Gasteiger partial charge in [-0.1, -0.05) is 37.3 Å². The van der Waals surface area contributed by atoms with E-state index >= 15 is 0 Å². The quantitative estimate of drug-likeness (QED) is 0.814. The number of hydrogen-bond acceptors (Lipinski definition) is 2. The first-order chi connectivity index (χ1) is 8.07. The summed E-state index contributed by atoms with van der Waals surface area (Å²) >= 11 is 0. The lowest BCUT2D eigenvalue weighted by Crippen LogP contribution is -2.45. The fourth-order valence-corrected chi connectivity index (χ4v) is 1.87. The van der Waals surface area contributed by atoms with Gasteiger partial charge in [0, 0.05) is 5.54 Å². The van der Waals surface area contributed by atoms with E-state index in [0.29, 0.717) is 0 Å². The summed E-state index contributed by atoms with van der Waals surface area (Å²) in [6, 6.07) is 12.7. The molecule has 0 spiro atoms. The molecule has 1 N–H and O–H groups in total. The molecule has 92 valence electrons. The Bertz CT molecular complexity index is 362. The highest BCUT2D eigenvalue weighted by Crippen LogP contribution is 2.14. The van der Waals surface area contributed by atoms with Gasteiger partial charge in [0.15, 0.2) is 0 Å². The fourth-order valence-electron chi connectivity index (χ4n) is 1.87. The second-order valence-electron chi connectivity index (χ2n) is 5.10. The molecule has 0 aliphatic carbocycles. The SMILES string of the molecule is CCC(C#N)NC(C)(C)CCc1ccccc1. The summed E-state index contributed by atoms with van der Waals surface area (Å²) in [7, 11) is 0. The molecule has 0 aromatic heterocycles. The van der Waals surface area contributed by atoms with Crippen LogP contribution in [0.4, 0.5) is 0 Å². The predicted octanol–water partition coefficient (Wildman–Crippen LogP) is 3.29. The molecule has 2 nitrogen and oxygen atoms in total. The molecule has 1 aromatic carbocycles. The van der Waals surface area contributed by atoms with E-state index in [-0.39, 0.29) is 11.6 Å². The average molecular weight is 230 g/mol. The summed E-state index contributed by atoms with van der Waals surface area (Å²) in [5.41, 5.74) is 1.36. The zero-order chi connectivity index (χ0) is 12.7. The molecule has 1 atom stereocenters. The van der Waals surface area contributed by atoms with Crippen molar-refractivity contribution in [1.82, 2.24) is 5.32 Å². The van der Waals surface area contributed by atoms with Gasteiger partial charge in [0.2, 0.25) is 0 Å². The highest BCUT2D eigenvalue weighted by atomic mass is 15.0. The predicted molar refractivity (Wildman–Crippen MR) is 71.7 cm³/mol. The summed E-state index contributed by atoms with van der Waals surface area (Å²) in [6.07, 6.45) is 2.93. The molecule has 1 unspecified atom stereocenters. The third-order valence-electron chi connectivity index (χ3n) is 3.01. The summed E-state index contributed by atoms with van der Waals surface area (Å²) in [5.74, 6) is 0. The van der Waals surface area contributed by atoms with Gasteiger partial charge in [0.1, 0.15) is 0 Å². The van der Waals surface area contributed by atoms with Crippen molar-refractivity contribution in [3.8, 4) is 6.07 Å². The molecular formula is C15H22N2. The fraction of sp³-hybridized carbons (Fsp3) is 0.533. The Morgan fingerprint density at radius 3 is 2.47 bits per heavy atom. The normalized spacial score (nSPS) is 13.1. The van der Waals surface area contributed by atoms with Gasteiger partial charge in [-0.25, -0.2) is 0 Å². The molecule has 0 fully saturated rings. The lowest BCUT2D eigenvalue weighted by atomic mass is 9.94. The van der Waals surface area contributed by atoms with Crippen molar-refractivity contribution in [2.45, 2.75) is 51.6 Å². The second-order valence-corrected chi connectivity index (χ2v) is 5.10. The van der Waals surface area contributed by atoms with Crippen LogP contribution in [0.25, 0.3) is 0 Å². The molecule has 0 radical (unpaired) electrons. The summed E-state index contributed by atoms with van der Waals surface area (Å²) in [6.45, 7) is 6.36. The minimum atomic E-state index is -0.0410. The van der Waals surface area contributed by atoms with Crippen LogP contribution in [-0.2, 0) is 6.42 Å². The van der Waals surface area contributed by atoms with Gasteiger partial charge < -0.3 is 0 Å². The molecule has 0 aliphatic rings. The Morgan fingerprint density at radius 2 is 1.94 bits per heavy atom. The lowest BCUT2D eigenvalue weighted by molar-refractivity contribution is 0.336. The highest BCUT2D eigenvalue weighted by molar-refractivity contribution is 5.15. The van der Waals surface area contributed by atoms with Crippen molar-refractivity contribution in [2.75, 3.05) is 0 Å². The first-order valence-corrected chi connectivity index (χ1v) is 6.28. The number of hydrogen-bond donors (Lipinski definition) is 1. The summed E-state index contributed by atoms with van der Waals surface area (Å²) in [5, 5.41) is 12.4. The molecule has 1 rings (SSSR count). The van der Waals surface area contributed by atoms with Gasteiger partial charge in [-0.05, 0) is 38.7 Å². The molecule has 0 amide bonds. The van der Waals surface area contributed by atoms with E-state index in [0.717, 1.165) is 19.3 Å².